The Bertz CT molecular complexity index is 265. The first kappa shape index (κ1) is 13.8. The molecular weight excluding hydrogens is 228 g/mol. The third-order valence-corrected chi connectivity index (χ3v) is 4.14. The highest BCUT2D eigenvalue weighted by Crippen LogP contribution is 2.18. The monoisotopic (exact) mass is 254 g/mol. The zero-order valence-corrected chi connectivity index (χ0v) is 11.4. The fraction of sp³-hybridized carbons (Fsp3) is 0.929. The fourth-order valence-electron chi connectivity index (χ4n) is 2.86. The molecule has 0 aliphatic carbocycles. The van der Waals surface area contributed by atoms with E-state index in [9.17, 15) is 4.79 Å². The number of ether oxygens (including phenoxy) is 1. The molecule has 2 aliphatic rings. The number of rotatable bonds is 4. The predicted molar refractivity (Wildman–Crippen MR) is 71.4 cm³/mol. The molecule has 2 aliphatic heterocycles. The zero-order chi connectivity index (χ0) is 12.8. The van der Waals surface area contributed by atoms with Crippen LogP contribution in [0.15, 0.2) is 0 Å². The van der Waals surface area contributed by atoms with Crippen LogP contribution in [0, 0.1) is 5.92 Å². The van der Waals surface area contributed by atoms with Crippen molar-refractivity contribution < 1.29 is 9.53 Å². The molecule has 18 heavy (non-hydrogen) atoms. The normalized spacial score (nSPS) is 33.1. The first-order valence-electron chi connectivity index (χ1n) is 7.37. The van der Waals surface area contributed by atoms with Crippen LogP contribution in [-0.4, -0.2) is 37.7 Å². The Morgan fingerprint density at radius 2 is 2.22 bits per heavy atom. The zero-order valence-electron chi connectivity index (χ0n) is 11.4. The summed E-state index contributed by atoms with van der Waals surface area (Å²) in [7, 11) is 0. The Labute approximate surface area is 110 Å². The van der Waals surface area contributed by atoms with E-state index in [2.05, 4.69) is 17.6 Å². The second-order valence-corrected chi connectivity index (χ2v) is 5.68. The standard InChI is InChI=1S/C14H26N2O2/c1-11-5-4-7-15-13(11)9-14(17)16-10-12-6-2-3-8-18-12/h11-13,15H,2-10H2,1H3,(H,16,17). The van der Waals surface area contributed by atoms with E-state index in [1.807, 2.05) is 0 Å². The first-order chi connectivity index (χ1) is 8.75. The lowest BCUT2D eigenvalue weighted by Crippen LogP contribution is -2.44. The van der Waals surface area contributed by atoms with E-state index >= 15 is 0 Å². The van der Waals surface area contributed by atoms with E-state index in [4.69, 9.17) is 4.74 Å². The lowest BCUT2D eigenvalue weighted by molar-refractivity contribution is -0.122. The van der Waals surface area contributed by atoms with E-state index in [0.29, 0.717) is 24.9 Å². The largest absolute Gasteiger partial charge is 0.376 e. The van der Waals surface area contributed by atoms with Crippen molar-refractivity contribution in [2.75, 3.05) is 19.7 Å². The average molecular weight is 254 g/mol. The van der Waals surface area contributed by atoms with E-state index < -0.39 is 0 Å². The predicted octanol–water partition coefficient (Wildman–Crippen LogP) is 1.45. The van der Waals surface area contributed by atoms with Crippen LogP contribution in [0.1, 0.15) is 45.4 Å². The van der Waals surface area contributed by atoms with Crippen molar-refractivity contribution in [1.82, 2.24) is 10.6 Å². The topological polar surface area (TPSA) is 50.4 Å². The quantitative estimate of drug-likeness (QED) is 0.798. The Hall–Kier alpha value is -0.610. The molecule has 2 N–H and O–H groups in total. The molecule has 1 amide bonds. The van der Waals surface area contributed by atoms with Gasteiger partial charge in [-0.3, -0.25) is 4.79 Å². The van der Waals surface area contributed by atoms with Gasteiger partial charge in [-0.05, 0) is 44.6 Å². The molecule has 2 saturated heterocycles. The van der Waals surface area contributed by atoms with Gasteiger partial charge in [0.2, 0.25) is 5.91 Å². The molecule has 4 heteroatoms. The lowest BCUT2D eigenvalue weighted by atomic mass is 9.90. The molecule has 0 bridgehead atoms. The number of nitrogens with one attached hydrogen (secondary N) is 2. The summed E-state index contributed by atoms with van der Waals surface area (Å²) < 4.78 is 5.61. The highest BCUT2D eigenvalue weighted by atomic mass is 16.5. The molecule has 3 atom stereocenters. The molecule has 2 fully saturated rings. The van der Waals surface area contributed by atoms with Crippen molar-refractivity contribution in [3.8, 4) is 0 Å². The summed E-state index contributed by atoms with van der Waals surface area (Å²) in [4.78, 5) is 11.9. The van der Waals surface area contributed by atoms with E-state index in [-0.39, 0.29) is 12.0 Å². The smallest absolute Gasteiger partial charge is 0.221 e. The summed E-state index contributed by atoms with van der Waals surface area (Å²) >= 11 is 0. The fourth-order valence-corrected chi connectivity index (χ4v) is 2.86. The van der Waals surface area contributed by atoms with Gasteiger partial charge < -0.3 is 15.4 Å². The highest BCUT2D eigenvalue weighted by Gasteiger charge is 2.23. The third-order valence-electron chi connectivity index (χ3n) is 4.14. The number of piperidine rings is 1. The lowest BCUT2D eigenvalue weighted by Gasteiger charge is -2.30. The van der Waals surface area contributed by atoms with Crippen molar-refractivity contribution in [1.29, 1.82) is 0 Å². The Kier molecular flexibility index (Phi) is 5.45. The molecule has 0 radical (unpaired) electrons. The van der Waals surface area contributed by atoms with Gasteiger partial charge in [-0.2, -0.15) is 0 Å². The van der Waals surface area contributed by atoms with Gasteiger partial charge in [0.05, 0.1) is 6.10 Å². The van der Waals surface area contributed by atoms with Crippen LogP contribution in [0.5, 0.6) is 0 Å². The van der Waals surface area contributed by atoms with E-state index in [0.717, 1.165) is 26.0 Å². The minimum Gasteiger partial charge on any atom is -0.376 e. The maximum atomic E-state index is 11.9. The highest BCUT2D eigenvalue weighted by molar-refractivity contribution is 5.76. The Morgan fingerprint density at radius 3 is 2.94 bits per heavy atom. The number of hydrogen-bond donors (Lipinski definition) is 2. The molecule has 4 nitrogen and oxygen atoms in total. The molecule has 104 valence electrons. The molecule has 3 unspecified atom stereocenters. The Balaban J connectivity index is 1.64. The molecule has 0 aromatic carbocycles. The number of carbonyl (C=O) groups is 1. The summed E-state index contributed by atoms with van der Waals surface area (Å²) in [5.74, 6) is 0.769. The van der Waals surface area contributed by atoms with Crippen molar-refractivity contribution in [2.24, 2.45) is 5.92 Å². The molecule has 0 saturated carbocycles. The van der Waals surface area contributed by atoms with Crippen molar-refractivity contribution in [3.63, 3.8) is 0 Å². The molecular formula is C14H26N2O2. The third kappa shape index (κ3) is 4.25. The minimum atomic E-state index is 0.162. The minimum absolute atomic E-state index is 0.162. The van der Waals surface area contributed by atoms with Gasteiger partial charge in [0.15, 0.2) is 0 Å². The van der Waals surface area contributed by atoms with Crippen molar-refractivity contribution in [2.45, 2.75) is 57.6 Å². The maximum Gasteiger partial charge on any atom is 0.221 e. The van der Waals surface area contributed by atoms with Crippen LogP contribution in [0.25, 0.3) is 0 Å². The van der Waals surface area contributed by atoms with Gasteiger partial charge >= 0.3 is 0 Å². The Morgan fingerprint density at radius 1 is 1.33 bits per heavy atom. The molecule has 0 aromatic heterocycles. The summed E-state index contributed by atoms with van der Waals surface area (Å²) in [6, 6.07) is 0.353. The SMILES string of the molecule is CC1CCCNC1CC(=O)NCC1CCCCO1. The number of amides is 1. The van der Waals surface area contributed by atoms with Gasteiger partial charge in [0, 0.05) is 25.6 Å². The second-order valence-electron chi connectivity index (χ2n) is 5.68. The van der Waals surface area contributed by atoms with Crippen LogP contribution in [0.4, 0.5) is 0 Å². The molecule has 0 spiro atoms. The van der Waals surface area contributed by atoms with Crippen LogP contribution >= 0.6 is 0 Å². The number of hydrogen-bond acceptors (Lipinski definition) is 3. The van der Waals surface area contributed by atoms with Crippen molar-refractivity contribution in [3.05, 3.63) is 0 Å². The summed E-state index contributed by atoms with van der Waals surface area (Å²) in [5, 5.41) is 6.46. The maximum absolute atomic E-state index is 11.9. The van der Waals surface area contributed by atoms with Crippen LogP contribution in [0.2, 0.25) is 0 Å². The van der Waals surface area contributed by atoms with Gasteiger partial charge in [0.25, 0.3) is 0 Å². The average Bonchev–Trinajstić information content (AvgIpc) is 2.40. The van der Waals surface area contributed by atoms with E-state index in [1.54, 1.807) is 0 Å². The van der Waals surface area contributed by atoms with Gasteiger partial charge in [-0.15, -0.1) is 0 Å². The summed E-state index contributed by atoms with van der Waals surface area (Å²) in [6.07, 6.45) is 6.77. The van der Waals surface area contributed by atoms with Crippen molar-refractivity contribution >= 4 is 5.91 Å². The molecule has 2 rings (SSSR count). The van der Waals surface area contributed by atoms with Gasteiger partial charge in [-0.1, -0.05) is 6.92 Å². The first-order valence-corrected chi connectivity index (χ1v) is 7.37. The van der Waals surface area contributed by atoms with Gasteiger partial charge in [0.1, 0.15) is 0 Å². The van der Waals surface area contributed by atoms with E-state index in [1.165, 1.54) is 19.3 Å². The van der Waals surface area contributed by atoms with Gasteiger partial charge in [-0.25, -0.2) is 0 Å². The van der Waals surface area contributed by atoms with Crippen LogP contribution in [0.3, 0.4) is 0 Å². The number of carbonyl (C=O) groups excluding carboxylic acids is 1. The molecule has 2 heterocycles. The molecule has 0 aromatic rings. The second kappa shape index (κ2) is 7.10. The van der Waals surface area contributed by atoms with Crippen LogP contribution in [-0.2, 0) is 9.53 Å². The van der Waals surface area contributed by atoms with Crippen LogP contribution < -0.4 is 10.6 Å². The summed E-state index contributed by atoms with van der Waals surface area (Å²) in [5.41, 5.74) is 0. The summed E-state index contributed by atoms with van der Waals surface area (Å²) in [6.45, 7) is 4.81.